The van der Waals surface area contributed by atoms with Crippen LogP contribution in [0.2, 0.25) is 0 Å². The first-order valence-corrected chi connectivity index (χ1v) is 8.98. The highest BCUT2D eigenvalue weighted by Gasteiger charge is 2.19. The van der Waals surface area contributed by atoms with Gasteiger partial charge in [0.1, 0.15) is 18.2 Å². The molecule has 0 amide bonds. The molecule has 0 saturated heterocycles. The Hall–Kier alpha value is -0.610. The molecule has 2 aromatic rings. The predicted molar refractivity (Wildman–Crippen MR) is 74.8 cm³/mol. The van der Waals surface area contributed by atoms with Gasteiger partial charge in [-0.25, -0.2) is 0 Å². The lowest BCUT2D eigenvalue weighted by Gasteiger charge is -2.02. The highest BCUT2D eigenvalue weighted by atomic mass is 32.6. The van der Waals surface area contributed by atoms with Crippen LogP contribution in [0.15, 0.2) is 60.7 Å². The number of rotatable bonds is 3. The maximum atomic E-state index is 5.25. The molecule has 0 radical (unpaired) electrons. The molecule has 0 fully saturated rings. The second-order valence-corrected chi connectivity index (χ2v) is 8.74. The van der Waals surface area contributed by atoms with E-state index >= 15 is 0 Å². The van der Waals surface area contributed by atoms with Gasteiger partial charge in [0.15, 0.2) is 7.04 Å². The SMILES string of the molecule is S=P[PH+](c1ccccc1)c1ccccc1. The van der Waals surface area contributed by atoms with Crippen molar-refractivity contribution >= 4 is 37.1 Å². The second-order valence-electron chi connectivity index (χ2n) is 3.17. The number of hydrogen-bond acceptors (Lipinski definition) is 1. The average molecular weight is 249 g/mol. The lowest BCUT2D eigenvalue weighted by molar-refractivity contribution is 1.76. The fraction of sp³-hybridized carbons (Fsp3) is 0. The van der Waals surface area contributed by atoms with Crippen molar-refractivity contribution in [3.8, 4) is 0 Å². The van der Waals surface area contributed by atoms with Crippen molar-refractivity contribution in [3.63, 3.8) is 0 Å². The summed E-state index contributed by atoms with van der Waals surface area (Å²) in [6.07, 6.45) is 0. The minimum absolute atomic E-state index is 0.752. The van der Waals surface area contributed by atoms with Crippen molar-refractivity contribution < 1.29 is 0 Å². The Morgan fingerprint density at radius 1 is 0.733 bits per heavy atom. The highest BCUT2D eigenvalue weighted by Crippen LogP contribution is 2.46. The van der Waals surface area contributed by atoms with Gasteiger partial charge >= 0.3 is 0 Å². The molecule has 0 aliphatic carbocycles. The first-order valence-electron chi connectivity index (χ1n) is 4.73. The first-order chi connectivity index (χ1) is 7.42. The molecule has 0 unspecified atom stereocenters. The molecule has 0 aliphatic heterocycles. The van der Waals surface area contributed by atoms with Crippen LogP contribution in [0.3, 0.4) is 0 Å². The van der Waals surface area contributed by atoms with E-state index in [0.29, 0.717) is 0 Å². The van der Waals surface area contributed by atoms with E-state index in [1.807, 2.05) is 12.1 Å². The molecule has 0 N–H and O–H groups in total. The summed E-state index contributed by atoms with van der Waals surface area (Å²) in [7, 11) is 0.323. The van der Waals surface area contributed by atoms with Gasteiger partial charge in [-0.05, 0) is 36.1 Å². The van der Waals surface area contributed by atoms with E-state index < -0.39 is 7.61 Å². The third kappa shape index (κ3) is 2.69. The standard InChI is InChI=1S/C12H10P2S/c15-13-14(11-7-3-1-4-8-11)12-9-5-2-6-10-12/h1-10H/p+1. The molecule has 0 aromatic heterocycles. The normalized spacial score (nSPS) is 10.7. The molecule has 0 atom stereocenters. The van der Waals surface area contributed by atoms with Crippen molar-refractivity contribution in [1.29, 1.82) is 0 Å². The Bertz CT molecular complexity index is 388. The monoisotopic (exact) mass is 249 g/mol. The van der Waals surface area contributed by atoms with Gasteiger partial charge in [-0.2, -0.15) is 0 Å². The summed E-state index contributed by atoms with van der Waals surface area (Å²) in [4.78, 5) is 0. The molecule has 3 heteroatoms. The van der Waals surface area contributed by atoms with Crippen LogP contribution in [0, 0.1) is 0 Å². The van der Waals surface area contributed by atoms with E-state index in [2.05, 4.69) is 48.5 Å². The first kappa shape index (κ1) is 10.9. The summed E-state index contributed by atoms with van der Waals surface area (Å²) >= 11 is 5.25. The zero-order valence-corrected chi connectivity index (χ0v) is 10.8. The summed E-state index contributed by atoms with van der Waals surface area (Å²) in [5.41, 5.74) is 0. The Labute approximate surface area is 97.8 Å². The molecule has 0 nitrogen and oxygen atoms in total. The van der Waals surface area contributed by atoms with Crippen LogP contribution < -0.4 is 10.6 Å². The van der Waals surface area contributed by atoms with Crippen LogP contribution in [0.25, 0.3) is 0 Å². The molecule has 0 bridgehead atoms. The lowest BCUT2D eigenvalue weighted by Crippen LogP contribution is -2.06. The van der Waals surface area contributed by atoms with Crippen molar-refractivity contribution in [2.24, 2.45) is 0 Å². The average Bonchev–Trinajstić information content (AvgIpc) is 2.33. The Morgan fingerprint density at radius 3 is 1.47 bits per heavy atom. The Morgan fingerprint density at radius 2 is 1.13 bits per heavy atom. The molecule has 74 valence electrons. The van der Waals surface area contributed by atoms with Crippen LogP contribution >= 0.6 is 14.7 Å². The van der Waals surface area contributed by atoms with E-state index in [-0.39, 0.29) is 0 Å². The largest absolute Gasteiger partial charge is 0.176 e. The van der Waals surface area contributed by atoms with Gasteiger partial charge in [-0.1, -0.05) is 36.4 Å². The highest BCUT2D eigenvalue weighted by molar-refractivity contribution is 8.41. The number of hydrogen-bond donors (Lipinski definition) is 0. The zero-order chi connectivity index (χ0) is 10.5. The quantitative estimate of drug-likeness (QED) is 0.753. The molecular formula is C12H11P2S+. The van der Waals surface area contributed by atoms with Crippen LogP contribution in [0.4, 0.5) is 0 Å². The van der Waals surface area contributed by atoms with Crippen LogP contribution in [-0.2, 0) is 11.8 Å². The van der Waals surface area contributed by atoms with Crippen LogP contribution in [-0.4, -0.2) is 0 Å². The van der Waals surface area contributed by atoms with E-state index in [9.17, 15) is 0 Å². The molecule has 0 saturated carbocycles. The maximum absolute atomic E-state index is 5.25. The summed E-state index contributed by atoms with van der Waals surface area (Å²) in [5, 5.41) is 2.79. The molecule has 0 spiro atoms. The lowest BCUT2D eigenvalue weighted by atomic mass is 10.4. The van der Waals surface area contributed by atoms with E-state index in [1.54, 1.807) is 0 Å². The van der Waals surface area contributed by atoms with Gasteiger partial charge in [0.25, 0.3) is 0 Å². The third-order valence-corrected chi connectivity index (χ3v) is 7.87. The third-order valence-electron chi connectivity index (χ3n) is 2.19. The van der Waals surface area contributed by atoms with Crippen molar-refractivity contribution in [2.45, 2.75) is 0 Å². The van der Waals surface area contributed by atoms with Gasteiger partial charge in [-0.15, -0.1) is 0 Å². The van der Waals surface area contributed by atoms with Gasteiger partial charge in [0.2, 0.25) is 0 Å². The zero-order valence-electron chi connectivity index (χ0n) is 8.13. The number of benzene rings is 2. The fourth-order valence-corrected chi connectivity index (χ4v) is 6.45. The summed E-state index contributed by atoms with van der Waals surface area (Å²) < 4.78 is 0. The fourth-order valence-electron chi connectivity index (χ4n) is 1.46. The molecule has 2 rings (SSSR count). The van der Waals surface area contributed by atoms with Gasteiger partial charge in [0, 0.05) is 0 Å². The van der Waals surface area contributed by atoms with Crippen molar-refractivity contribution in [3.05, 3.63) is 60.7 Å². The van der Waals surface area contributed by atoms with Crippen molar-refractivity contribution in [1.82, 2.24) is 0 Å². The van der Waals surface area contributed by atoms with E-state index in [1.165, 1.54) is 10.6 Å². The molecule has 0 heterocycles. The smallest absolute Gasteiger partial charge is 0.0620 e. The molecule has 0 aliphatic rings. The minimum Gasteiger partial charge on any atom is -0.0620 e. The predicted octanol–water partition coefficient (Wildman–Crippen LogP) is 3.17. The molecule has 15 heavy (non-hydrogen) atoms. The van der Waals surface area contributed by atoms with E-state index in [0.717, 1.165) is 7.04 Å². The van der Waals surface area contributed by atoms with E-state index in [4.69, 9.17) is 11.8 Å². The Balaban J connectivity index is 2.38. The van der Waals surface area contributed by atoms with Gasteiger partial charge in [-0.3, -0.25) is 0 Å². The second kappa shape index (κ2) is 5.47. The molecule has 2 aromatic carbocycles. The Kier molecular flexibility index (Phi) is 3.97. The van der Waals surface area contributed by atoms with Crippen LogP contribution in [0.5, 0.6) is 0 Å². The topological polar surface area (TPSA) is 0 Å². The minimum atomic E-state index is -0.752. The molecular weight excluding hydrogens is 238 g/mol. The van der Waals surface area contributed by atoms with Gasteiger partial charge in [0.05, 0.1) is 0 Å². The summed E-state index contributed by atoms with van der Waals surface area (Å²) in [6, 6.07) is 21.2. The maximum Gasteiger partial charge on any atom is 0.176 e. The summed E-state index contributed by atoms with van der Waals surface area (Å²) in [6.45, 7) is 0. The van der Waals surface area contributed by atoms with Gasteiger partial charge < -0.3 is 0 Å². The summed E-state index contributed by atoms with van der Waals surface area (Å²) in [5.74, 6) is 0. The van der Waals surface area contributed by atoms with Crippen molar-refractivity contribution in [2.75, 3.05) is 0 Å². The van der Waals surface area contributed by atoms with Crippen LogP contribution in [0.1, 0.15) is 0 Å².